The Hall–Kier alpha value is -2.52. The molecule has 0 saturated carbocycles. The first-order valence-electron chi connectivity index (χ1n) is 9.36. The summed E-state index contributed by atoms with van der Waals surface area (Å²) >= 11 is 0. The molecule has 26 heavy (non-hydrogen) atoms. The largest absolute Gasteiger partial charge is 0.508 e. The summed E-state index contributed by atoms with van der Waals surface area (Å²) in [4.78, 5) is 2.51. The first-order valence-corrected chi connectivity index (χ1v) is 9.36. The van der Waals surface area contributed by atoms with Gasteiger partial charge in [-0.25, -0.2) is 0 Å². The second-order valence-electron chi connectivity index (χ2n) is 6.99. The van der Waals surface area contributed by atoms with Gasteiger partial charge in [-0.2, -0.15) is 0 Å². The minimum atomic E-state index is 0.0484. The molecule has 1 heterocycles. The minimum Gasteiger partial charge on any atom is -0.508 e. The summed E-state index contributed by atoms with van der Waals surface area (Å²) < 4.78 is 5.33. The van der Waals surface area contributed by atoms with E-state index in [1.165, 1.54) is 24.8 Å². The number of phenolic OH excluding ortho intramolecular Hbond substituents is 1. The fourth-order valence-corrected chi connectivity index (χ4v) is 4.09. The van der Waals surface area contributed by atoms with E-state index in [-0.39, 0.29) is 6.04 Å². The molecule has 4 rings (SSSR count). The molecule has 0 aromatic heterocycles. The predicted octanol–water partition coefficient (Wildman–Crippen LogP) is 5.13. The number of nitrogens with zero attached hydrogens (tertiary/aromatic N) is 1. The van der Waals surface area contributed by atoms with Crippen molar-refractivity contribution < 1.29 is 9.84 Å². The number of aromatic hydroxyl groups is 1. The number of rotatable bonds is 4. The fourth-order valence-electron chi connectivity index (χ4n) is 4.09. The van der Waals surface area contributed by atoms with Gasteiger partial charge in [-0.15, -0.1) is 0 Å². The fraction of sp³-hybridized carbons (Fsp3) is 0.304. The van der Waals surface area contributed by atoms with Crippen LogP contribution in [-0.4, -0.2) is 30.2 Å². The van der Waals surface area contributed by atoms with E-state index in [9.17, 15) is 5.11 Å². The average molecular weight is 347 g/mol. The Morgan fingerprint density at radius 3 is 2.35 bits per heavy atom. The van der Waals surface area contributed by atoms with Gasteiger partial charge in [0.05, 0.1) is 13.2 Å². The van der Waals surface area contributed by atoms with Crippen molar-refractivity contribution in [2.45, 2.75) is 25.3 Å². The highest BCUT2D eigenvalue weighted by molar-refractivity contribution is 5.88. The van der Waals surface area contributed by atoms with Crippen molar-refractivity contribution in [1.82, 2.24) is 4.90 Å². The van der Waals surface area contributed by atoms with Crippen LogP contribution in [0.3, 0.4) is 0 Å². The lowest BCUT2D eigenvalue weighted by Gasteiger charge is -2.36. The Bertz CT molecular complexity index is 882. The molecule has 3 aromatic carbocycles. The van der Waals surface area contributed by atoms with E-state index < -0.39 is 0 Å². The predicted molar refractivity (Wildman–Crippen MR) is 106 cm³/mol. The average Bonchev–Trinajstić information content (AvgIpc) is 2.71. The van der Waals surface area contributed by atoms with Gasteiger partial charge in [-0.05, 0) is 60.5 Å². The molecule has 3 nitrogen and oxygen atoms in total. The van der Waals surface area contributed by atoms with Crippen LogP contribution in [0.1, 0.15) is 36.4 Å². The van der Waals surface area contributed by atoms with Gasteiger partial charge in [-0.1, -0.05) is 48.9 Å². The molecule has 1 atom stereocenters. The van der Waals surface area contributed by atoms with Crippen molar-refractivity contribution in [1.29, 1.82) is 0 Å². The number of benzene rings is 3. The minimum absolute atomic E-state index is 0.0484. The summed E-state index contributed by atoms with van der Waals surface area (Å²) in [6.07, 6.45) is 3.70. The third-order valence-electron chi connectivity index (χ3n) is 5.41. The molecule has 134 valence electrons. The van der Waals surface area contributed by atoms with Crippen molar-refractivity contribution in [3.63, 3.8) is 0 Å². The van der Waals surface area contributed by atoms with Crippen LogP contribution in [0.4, 0.5) is 0 Å². The van der Waals surface area contributed by atoms with Crippen molar-refractivity contribution in [3.8, 4) is 11.5 Å². The SMILES string of the molecule is COc1ccc(C(c2c(O)ccc3ccccc23)N2CCCCC2)cc1. The molecule has 0 spiro atoms. The highest BCUT2D eigenvalue weighted by Gasteiger charge is 2.27. The lowest BCUT2D eigenvalue weighted by atomic mass is 9.90. The number of hydrogen-bond donors (Lipinski definition) is 1. The number of ether oxygens (including phenoxy) is 1. The quantitative estimate of drug-likeness (QED) is 0.710. The van der Waals surface area contributed by atoms with Gasteiger partial charge in [0.15, 0.2) is 0 Å². The smallest absolute Gasteiger partial charge is 0.121 e. The lowest BCUT2D eigenvalue weighted by Crippen LogP contribution is -2.34. The molecule has 1 fully saturated rings. The third kappa shape index (κ3) is 3.15. The number of likely N-dealkylation sites (tertiary alicyclic amines) is 1. The summed E-state index contributed by atoms with van der Waals surface area (Å²) in [5.74, 6) is 1.23. The summed E-state index contributed by atoms with van der Waals surface area (Å²) in [5, 5.41) is 13.1. The van der Waals surface area contributed by atoms with Gasteiger partial charge in [-0.3, -0.25) is 4.90 Å². The van der Waals surface area contributed by atoms with Crippen LogP contribution in [0.25, 0.3) is 10.8 Å². The number of fused-ring (bicyclic) bond motifs is 1. The van der Waals surface area contributed by atoms with Gasteiger partial charge < -0.3 is 9.84 Å². The number of hydrogen-bond acceptors (Lipinski definition) is 3. The van der Waals surface area contributed by atoms with E-state index in [2.05, 4.69) is 29.2 Å². The van der Waals surface area contributed by atoms with Crippen LogP contribution >= 0.6 is 0 Å². The number of phenols is 1. The summed E-state index contributed by atoms with van der Waals surface area (Å²) in [6.45, 7) is 2.11. The maximum absolute atomic E-state index is 10.8. The maximum atomic E-state index is 10.8. The van der Waals surface area contributed by atoms with E-state index in [0.717, 1.165) is 35.2 Å². The van der Waals surface area contributed by atoms with Crippen molar-refractivity contribution >= 4 is 10.8 Å². The third-order valence-corrected chi connectivity index (χ3v) is 5.41. The molecule has 0 aliphatic carbocycles. The highest BCUT2D eigenvalue weighted by atomic mass is 16.5. The molecule has 1 unspecified atom stereocenters. The lowest BCUT2D eigenvalue weighted by molar-refractivity contribution is 0.186. The van der Waals surface area contributed by atoms with Crippen molar-refractivity contribution in [2.24, 2.45) is 0 Å². The Morgan fingerprint density at radius 1 is 0.885 bits per heavy atom. The topological polar surface area (TPSA) is 32.7 Å². The summed E-state index contributed by atoms with van der Waals surface area (Å²) in [5.41, 5.74) is 2.20. The van der Waals surface area contributed by atoms with Gasteiger partial charge in [0, 0.05) is 5.56 Å². The molecule has 0 radical (unpaired) electrons. The molecule has 3 heteroatoms. The van der Waals surface area contributed by atoms with Crippen molar-refractivity contribution in [3.05, 3.63) is 71.8 Å². The van der Waals surface area contributed by atoms with Crippen LogP contribution < -0.4 is 4.74 Å². The Balaban J connectivity index is 1.88. The molecular formula is C23H25NO2. The summed E-state index contributed by atoms with van der Waals surface area (Å²) in [7, 11) is 1.69. The summed E-state index contributed by atoms with van der Waals surface area (Å²) in [6, 6.07) is 20.5. The zero-order chi connectivity index (χ0) is 17.9. The Labute approximate surface area is 154 Å². The molecule has 1 aliphatic heterocycles. The van der Waals surface area contributed by atoms with Gasteiger partial charge >= 0.3 is 0 Å². The van der Waals surface area contributed by atoms with E-state index in [1.807, 2.05) is 36.4 Å². The van der Waals surface area contributed by atoms with E-state index in [1.54, 1.807) is 7.11 Å². The second-order valence-corrected chi connectivity index (χ2v) is 6.99. The first-order chi connectivity index (χ1) is 12.8. The molecule has 0 amide bonds. The van der Waals surface area contributed by atoms with Gasteiger partial charge in [0.1, 0.15) is 11.5 Å². The molecule has 3 aromatic rings. The zero-order valence-corrected chi connectivity index (χ0v) is 15.2. The zero-order valence-electron chi connectivity index (χ0n) is 15.2. The van der Waals surface area contributed by atoms with E-state index in [0.29, 0.717) is 5.75 Å². The standard InChI is InChI=1S/C23H25NO2/c1-26-19-12-9-18(10-13-19)23(24-15-5-2-6-16-24)22-20-8-4-3-7-17(20)11-14-21(22)25/h3-4,7-14,23,25H,2,5-6,15-16H2,1H3. The maximum Gasteiger partial charge on any atom is 0.121 e. The first kappa shape index (κ1) is 16.9. The van der Waals surface area contributed by atoms with Gasteiger partial charge in [0.2, 0.25) is 0 Å². The highest BCUT2D eigenvalue weighted by Crippen LogP contribution is 2.40. The van der Waals surface area contributed by atoms with Crippen LogP contribution in [0, 0.1) is 0 Å². The van der Waals surface area contributed by atoms with Crippen LogP contribution in [0.15, 0.2) is 60.7 Å². The number of methoxy groups -OCH3 is 1. The van der Waals surface area contributed by atoms with Crippen LogP contribution in [0.5, 0.6) is 11.5 Å². The van der Waals surface area contributed by atoms with E-state index in [4.69, 9.17) is 4.74 Å². The molecular weight excluding hydrogens is 322 g/mol. The Kier molecular flexibility index (Phi) is 4.81. The molecule has 0 bridgehead atoms. The van der Waals surface area contributed by atoms with E-state index >= 15 is 0 Å². The molecule has 1 saturated heterocycles. The second kappa shape index (κ2) is 7.38. The van der Waals surface area contributed by atoms with Crippen molar-refractivity contribution in [2.75, 3.05) is 20.2 Å². The Morgan fingerprint density at radius 2 is 1.62 bits per heavy atom. The number of piperidine rings is 1. The molecule has 1 N–H and O–H groups in total. The monoisotopic (exact) mass is 347 g/mol. The van der Waals surface area contributed by atoms with Crippen LogP contribution in [0.2, 0.25) is 0 Å². The normalized spacial score (nSPS) is 16.5. The van der Waals surface area contributed by atoms with Gasteiger partial charge in [0.25, 0.3) is 0 Å². The van der Waals surface area contributed by atoms with Crippen LogP contribution in [-0.2, 0) is 0 Å². The molecule has 1 aliphatic rings.